The fourth-order valence-electron chi connectivity index (χ4n) is 4.73. The van der Waals surface area contributed by atoms with Gasteiger partial charge < -0.3 is 9.80 Å². The van der Waals surface area contributed by atoms with Crippen molar-refractivity contribution in [2.24, 2.45) is 0 Å². The Morgan fingerprint density at radius 2 is 1.61 bits per heavy atom. The van der Waals surface area contributed by atoms with E-state index in [-0.39, 0.29) is 17.2 Å². The number of rotatable bonds is 5. The number of halogens is 3. The zero-order chi connectivity index (χ0) is 25.4. The number of nitrogens with zero attached hydrogens (tertiary/aromatic N) is 3. The minimum Gasteiger partial charge on any atom is -0.369 e. The molecule has 0 aliphatic carbocycles. The number of sulfonamides is 1. The Balaban J connectivity index is 1.27. The van der Waals surface area contributed by atoms with Crippen LogP contribution in [-0.2, 0) is 27.7 Å². The molecular formula is C26H24Cl3N3O3S. The maximum Gasteiger partial charge on any atom is 0.243 e. The van der Waals surface area contributed by atoms with Gasteiger partial charge in [0, 0.05) is 49.1 Å². The van der Waals surface area contributed by atoms with Gasteiger partial charge in [0.25, 0.3) is 0 Å². The van der Waals surface area contributed by atoms with Crippen LogP contribution >= 0.6 is 34.8 Å². The van der Waals surface area contributed by atoms with E-state index in [1.165, 1.54) is 4.31 Å². The van der Waals surface area contributed by atoms with E-state index in [0.29, 0.717) is 54.2 Å². The summed E-state index contributed by atoms with van der Waals surface area (Å²) in [6.07, 6.45) is 0.793. The molecule has 36 heavy (non-hydrogen) atoms. The van der Waals surface area contributed by atoms with Crippen molar-refractivity contribution in [1.29, 1.82) is 0 Å². The highest BCUT2D eigenvalue weighted by molar-refractivity contribution is 7.89. The van der Waals surface area contributed by atoms with Crippen molar-refractivity contribution in [2.45, 2.75) is 17.7 Å². The normalized spacial score (nSPS) is 16.3. The number of benzene rings is 3. The number of carbonyl (C=O) groups excluding carboxylic acids is 1. The smallest absolute Gasteiger partial charge is 0.243 e. The first-order chi connectivity index (χ1) is 17.2. The number of carbonyl (C=O) groups is 1. The Hall–Kier alpha value is -2.29. The first-order valence-corrected chi connectivity index (χ1v) is 14.2. The molecule has 0 saturated carbocycles. The summed E-state index contributed by atoms with van der Waals surface area (Å²) in [7, 11) is -3.64. The number of anilines is 2. The summed E-state index contributed by atoms with van der Waals surface area (Å²) in [5, 5.41) is 1.51. The first kappa shape index (κ1) is 25.4. The van der Waals surface area contributed by atoms with Crippen molar-refractivity contribution in [3.05, 3.63) is 86.9 Å². The Bertz CT molecular complexity index is 1420. The minimum absolute atomic E-state index is 0.0696. The summed E-state index contributed by atoms with van der Waals surface area (Å²) >= 11 is 18.2. The van der Waals surface area contributed by atoms with Gasteiger partial charge in [0.15, 0.2) is 0 Å². The van der Waals surface area contributed by atoms with Crippen molar-refractivity contribution in [1.82, 2.24) is 4.31 Å². The molecule has 1 fully saturated rings. The molecular weight excluding hydrogens is 541 g/mol. The highest BCUT2D eigenvalue weighted by Gasteiger charge is 2.31. The van der Waals surface area contributed by atoms with Crippen LogP contribution in [0.2, 0.25) is 15.1 Å². The molecule has 6 nitrogen and oxygen atoms in total. The van der Waals surface area contributed by atoms with Crippen molar-refractivity contribution in [3.63, 3.8) is 0 Å². The third kappa shape index (κ3) is 5.08. The fraction of sp³-hybridized carbons (Fsp3) is 0.269. The topological polar surface area (TPSA) is 60.9 Å². The molecule has 0 radical (unpaired) electrons. The number of fused-ring (bicyclic) bond motifs is 1. The van der Waals surface area contributed by atoms with Crippen LogP contribution in [-0.4, -0.2) is 51.4 Å². The summed E-state index contributed by atoms with van der Waals surface area (Å²) < 4.78 is 28.3. The van der Waals surface area contributed by atoms with Gasteiger partial charge in [-0.25, -0.2) is 8.42 Å². The van der Waals surface area contributed by atoms with Crippen LogP contribution in [0.1, 0.15) is 11.1 Å². The van der Waals surface area contributed by atoms with Crippen LogP contribution in [0.3, 0.4) is 0 Å². The van der Waals surface area contributed by atoms with Gasteiger partial charge in [0.2, 0.25) is 15.9 Å². The van der Waals surface area contributed by atoms with Crippen molar-refractivity contribution in [2.75, 3.05) is 42.5 Å². The summed E-state index contributed by atoms with van der Waals surface area (Å²) in [6.45, 7) is 2.46. The number of hydrogen-bond acceptors (Lipinski definition) is 4. The maximum atomic E-state index is 13.4. The predicted octanol–water partition coefficient (Wildman–Crippen LogP) is 5.29. The Kier molecular flexibility index (Phi) is 7.21. The van der Waals surface area contributed by atoms with E-state index in [9.17, 15) is 13.2 Å². The molecule has 188 valence electrons. The van der Waals surface area contributed by atoms with Crippen LogP contribution in [0.25, 0.3) is 0 Å². The molecule has 0 atom stereocenters. The summed E-state index contributed by atoms with van der Waals surface area (Å²) in [4.78, 5) is 17.1. The molecule has 0 bridgehead atoms. The molecule has 0 aromatic heterocycles. The van der Waals surface area contributed by atoms with E-state index in [1.54, 1.807) is 41.3 Å². The van der Waals surface area contributed by atoms with Crippen molar-refractivity contribution >= 4 is 62.1 Å². The third-order valence-corrected chi connectivity index (χ3v) is 9.51. The Morgan fingerprint density at radius 1 is 0.833 bits per heavy atom. The van der Waals surface area contributed by atoms with E-state index < -0.39 is 10.0 Å². The van der Waals surface area contributed by atoms with Crippen molar-refractivity contribution in [3.8, 4) is 0 Å². The van der Waals surface area contributed by atoms with E-state index in [1.807, 2.05) is 24.3 Å². The zero-order valence-corrected chi connectivity index (χ0v) is 22.4. The second-order valence-electron chi connectivity index (χ2n) is 8.88. The molecule has 3 aromatic rings. The van der Waals surface area contributed by atoms with Gasteiger partial charge in [-0.3, -0.25) is 4.79 Å². The quantitative estimate of drug-likeness (QED) is 0.423. The van der Waals surface area contributed by atoms with E-state index in [0.717, 1.165) is 22.5 Å². The van der Waals surface area contributed by atoms with Crippen LogP contribution < -0.4 is 9.80 Å². The lowest BCUT2D eigenvalue weighted by atomic mass is 10.1. The molecule has 0 N–H and O–H groups in total. The van der Waals surface area contributed by atoms with E-state index >= 15 is 0 Å². The molecule has 0 spiro atoms. The monoisotopic (exact) mass is 563 g/mol. The molecule has 0 unspecified atom stereocenters. The highest BCUT2D eigenvalue weighted by Crippen LogP contribution is 2.32. The van der Waals surface area contributed by atoms with Gasteiger partial charge in [-0.1, -0.05) is 46.9 Å². The average Bonchev–Trinajstić information content (AvgIpc) is 3.30. The van der Waals surface area contributed by atoms with Gasteiger partial charge in [-0.2, -0.15) is 4.31 Å². The van der Waals surface area contributed by atoms with E-state index in [2.05, 4.69) is 4.90 Å². The third-order valence-electron chi connectivity index (χ3n) is 6.64. The summed E-state index contributed by atoms with van der Waals surface area (Å²) in [5.74, 6) is -0.0696. The molecule has 10 heteroatoms. The largest absolute Gasteiger partial charge is 0.369 e. The standard InChI is InChI=1S/C26H24Cl3N3O3S/c27-20-2-1-3-21(17-20)30-10-12-31(13-11-30)36(34,35)22-5-7-25-19(16-22)8-9-32(25)26(33)15-18-4-6-23(28)24(29)14-18/h1-7,14,16-17H,8-13,15H2. The van der Waals surface area contributed by atoms with Crippen LogP contribution in [0, 0.1) is 0 Å². The number of piperazine rings is 1. The van der Waals surface area contributed by atoms with Crippen molar-refractivity contribution < 1.29 is 13.2 Å². The Morgan fingerprint density at radius 3 is 2.33 bits per heavy atom. The lowest BCUT2D eigenvalue weighted by molar-refractivity contribution is -0.117. The lowest BCUT2D eigenvalue weighted by Crippen LogP contribution is -2.48. The molecule has 2 heterocycles. The number of amides is 1. The maximum absolute atomic E-state index is 13.4. The molecule has 5 rings (SSSR count). The summed E-state index contributed by atoms with van der Waals surface area (Å²) in [5.41, 5.74) is 3.38. The lowest BCUT2D eigenvalue weighted by Gasteiger charge is -2.35. The van der Waals surface area contributed by atoms with Gasteiger partial charge in [-0.05, 0) is 66.1 Å². The van der Waals surface area contributed by atoms with Crippen LogP contribution in [0.5, 0.6) is 0 Å². The van der Waals surface area contributed by atoms with Gasteiger partial charge in [0.05, 0.1) is 21.4 Å². The van der Waals surface area contributed by atoms with Crippen LogP contribution in [0.4, 0.5) is 11.4 Å². The molecule has 1 amide bonds. The van der Waals surface area contributed by atoms with Gasteiger partial charge >= 0.3 is 0 Å². The Labute approximate surface area is 226 Å². The first-order valence-electron chi connectivity index (χ1n) is 11.6. The zero-order valence-electron chi connectivity index (χ0n) is 19.3. The summed E-state index contributed by atoms with van der Waals surface area (Å²) in [6, 6.07) is 17.8. The average molecular weight is 565 g/mol. The SMILES string of the molecule is O=C(Cc1ccc(Cl)c(Cl)c1)N1CCc2cc(S(=O)(=O)N3CCN(c4cccc(Cl)c4)CC3)ccc21. The van der Waals surface area contributed by atoms with E-state index in [4.69, 9.17) is 34.8 Å². The predicted molar refractivity (Wildman–Crippen MR) is 145 cm³/mol. The molecule has 3 aromatic carbocycles. The highest BCUT2D eigenvalue weighted by atomic mass is 35.5. The molecule has 1 saturated heterocycles. The minimum atomic E-state index is -3.64. The molecule has 2 aliphatic rings. The van der Waals surface area contributed by atoms with Gasteiger partial charge in [-0.15, -0.1) is 0 Å². The second kappa shape index (κ2) is 10.2. The molecule has 2 aliphatic heterocycles. The van der Waals surface area contributed by atoms with Crippen LogP contribution in [0.15, 0.2) is 65.6 Å². The van der Waals surface area contributed by atoms with Gasteiger partial charge in [0.1, 0.15) is 0 Å². The number of hydrogen-bond donors (Lipinski definition) is 0. The fourth-order valence-corrected chi connectivity index (χ4v) is 6.70. The second-order valence-corrected chi connectivity index (χ2v) is 12.1.